The first-order valence-corrected chi connectivity index (χ1v) is 10.8. The third kappa shape index (κ3) is 5.52. The summed E-state index contributed by atoms with van der Waals surface area (Å²) in [7, 11) is 0. The van der Waals surface area contributed by atoms with Crippen molar-refractivity contribution >= 4 is 11.8 Å². The molecule has 2 heterocycles. The first kappa shape index (κ1) is 23.4. The van der Waals surface area contributed by atoms with Gasteiger partial charge in [0, 0.05) is 41.2 Å². The smallest absolute Gasteiger partial charge is 0.410 e. The number of amides is 1. The number of hydrogen-bond acceptors (Lipinski definition) is 7. The van der Waals surface area contributed by atoms with E-state index in [1.54, 1.807) is 11.0 Å². The van der Waals surface area contributed by atoms with Crippen LogP contribution in [0.2, 0.25) is 0 Å². The third-order valence-electron chi connectivity index (χ3n) is 5.36. The Balaban J connectivity index is 1.88. The third-order valence-corrected chi connectivity index (χ3v) is 5.36. The molecule has 9 heteroatoms. The molecular formula is C23H30N4O5. The Morgan fingerprint density at radius 1 is 1.22 bits per heavy atom. The summed E-state index contributed by atoms with van der Waals surface area (Å²) >= 11 is 0. The normalized spacial score (nSPS) is 16.5. The lowest BCUT2D eigenvalue weighted by atomic mass is 10.0. The molecule has 1 aromatic heterocycles. The van der Waals surface area contributed by atoms with E-state index in [1.165, 1.54) is 18.5 Å². The van der Waals surface area contributed by atoms with Crippen molar-refractivity contribution in [2.45, 2.75) is 65.5 Å². The largest absolute Gasteiger partial charge is 0.491 e. The number of nitro benzene ring substituents is 1. The van der Waals surface area contributed by atoms with Crippen molar-refractivity contribution in [1.29, 1.82) is 0 Å². The maximum absolute atomic E-state index is 12.7. The van der Waals surface area contributed by atoms with E-state index in [0.717, 1.165) is 19.3 Å². The maximum Gasteiger partial charge on any atom is 0.410 e. The molecule has 172 valence electrons. The van der Waals surface area contributed by atoms with Crippen LogP contribution >= 0.6 is 0 Å². The summed E-state index contributed by atoms with van der Waals surface area (Å²) in [6.45, 7) is 10.1. The van der Waals surface area contributed by atoms with Crippen molar-refractivity contribution in [3.8, 4) is 16.9 Å². The number of piperidine rings is 1. The summed E-state index contributed by atoms with van der Waals surface area (Å²) in [6.07, 6.45) is 3.82. The van der Waals surface area contributed by atoms with Gasteiger partial charge in [-0.25, -0.2) is 14.8 Å². The number of aryl methyl sites for hydroxylation is 2. The molecule has 0 unspecified atom stereocenters. The summed E-state index contributed by atoms with van der Waals surface area (Å²) in [4.78, 5) is 33.8. The molecule has 3 rings (SSSR count). The molecule has 1 aliphatic rings. The number of aromatic nitrogens is 2. The van der Waals surface area contributed by atoms with E-state index in [9.17, 15) is 14.9 Å². The lowest BCUT2D eigenvalue weighted by Gasteiger charge is -2.36. The van der Waals surface area contributed by atoms with E-state index in [0.29, 0.717) is 34.8 Å². The molecule has 0 N–H and O–H groups in total. The van der Waals surface area contributed by atoms with Crippen LogP contribution < -0.4 is 4.74 Å². The molecule has 2 aromatic rings. The monoisotopic (exact) mass is 442 g/mol. The minimum atomic E-state index is -0.576. The lowest BCUT2D eigenvalue weighted by molar-refractivity contribution is -0.384. The summed E-state index contributed by atoms with van der Waals surface area (Å²) in [6, 6.07) is 4.36. The quantitative estimate of drug-likeness (QED) is 0.482. The molecule has 1 aromatic carbocycles. The van der Waals surface area contributed by atoms with Crippen molar-refractivity contribution in [1.82, 2.24) is 14.9 Å². The van der Waals surface area contributed by atoms with Crippen molar-refractivity contribution in [2.75, 3.05) is 13.2 Å². The molecular weight excluding hydrogens is 412 g/mol. The summed E-state index contributed by atoms with van der Waals surface area (Å²) in [5, 5.41) is 11.4. The van der Waals surface area contributed by atoms with Crippen LogP contribution in [0, 0.1) is 24.0 Å². The molecule has 1 saturated heterocycles. The Morgan fingerprint density at radius 3 is 2.53 bits per heavy atom. The van der Waals surface area contributed by atoms with Gasteiger partial charge in [0.25, 0.3) is 5.69 Å². The second-order valence-corrected chi connectivity index (χ2v) is 8.99. The number of carbonyl (C=O) groups is 1. The molecule has 32 heavy (non-hydrogen) atoms. The van der Waals surface area contributed by atoms with Crippen LogP contribution in [0.15, 0.2) is 24.5 Å². The minimum Gasteiger partial charge on any atom is -0.491 e. The van der Waals surface area contributed by atoms with E-state index in [-0.39, 0.29) is 24.4 Å². The average Bonchev–Trinajstić information content (AvgIpc) is 2.71. The first-order chi connectivity index (χ1) is 15.1. The second-order valence-electron chi connectivity index (χ2n) is 8.99. The number of hydrogen-bond donors (Lipinski definition) is 0. The topological polar surface area (TPSA) is 108 Å². The highest BCUT2D eigenvalue weighted by Crippen LogP contribution is 2.36. The molecule has 1 atom stereocenters. The van der Waals surface area contributed by atoms with Crippen LogP contribution in [0.3, 0.4) is 0 Å². The van der Waals surface area contributed by atoms with Gasteiger partial charge >= 0.3 is 6.09 Å². The summed E-state index contributed by atoms with van der Waals surface area (Å²) in [5.74, 6) is 0.492. The number of nitro groups is 1. The number of carbonyl (C=O) groups excluding carboxylic acids is 1. The van der Waals surface area contributed by atoms with E-state index >= 15 is 0 Å². The Morgan fingerprint density at radius 2 is 1.91 bits per heavy atom. The van der Waals surface area contributed by atoms with Crippen molar-refractivity contribution in [3.05, 3.63) is 46.0 Å². The highest BCUT2D eigenvalue weighted by Gasteiger charge is 2.31. The van der Waals surface area contributed by atoms with E-state index in [2.05, 4.69) is 9.97 Å². The van der Waals surface area contributed by atoms with Crippen LogP contribution in [0.4, 0.5) is 10.5 Å². The highest BCUT2D eigenvalue weighted by atomic mass is 16.6. The van der Waals surface area contributed by atoms with Crippen molar-refractivity contribution < 1.29 is 19.2 Å². The summed E-state index contributed by atoms with van der Waals surface area (Å²) < 4.78 is 11.7. The van der Waals surface area contributed by atoms with Gasteiger partial charge < -0.3 is 14.4 Å². The standard InChI is InChI=1S/C23H30N4O5/c1-15-21(16(2)25-14-24-15)19-12-17(27(29)30)9-10-20(19)31-13-18-8-6-7-11-26(18)22(28)32-23(3,4)5/h9-10,12,14,18H,6-8,11,13H2,1-5H3/t18-/m1/s1. The zero-order valence-electron chi connectivity index (χ0n) is 19.3. The number of benzene rings is 1. The second kappa shape index (κ2) is 9.50. The van der Waals surface area contributed by atoms with Gasteiger partial charge in [0.2, 0.25) is 0 Å². The predicted octanol–water partition coefficient (Wildman–Crippen LogP) is 4.84. The van der Waals surface area contributed by atoms with Crippen molar-refractivity contribution in [3.63, 3.8) is 0 Å². The molecule has 0 spiro atoms. The van der Waals surface area contributed by atoms with Gasteiger partial charge in [-0.05, 0) is 59.9 Å². The molecule has 0 bridgehead atoms. The molecule has 0 radical (unpaired) electrons. The Hall–Kier alpha value is -3.23. The molecule has 1 amide bonds. The van der Waals surface area contributed by atoms with Gasteiger partial charge in [0.05, 0.1) is 11.0 Å². The number of ether oxygens (including phenoxy) is 2. The SMILES string of the molecule is Cc1ncnc(C)c1-c1cc([N+](=O)[O-])ccc1OC[C@H]1CCCCN1C(=O)OC(C)(C)C. The first-order valence-electron chi connectivity index (χ1n) is 10.8. The Bertz CT molecular complexity index is 982. The number of likely N-dealkylation sites (tertiary alicyclic amines) is 1. The van der Waals surface area contributed by atoms with E-state index in [1.807, 2.05) is 34.6 Å². The van der Waals surface area contributed by atoms with Gasteiger partial charge in [-0.2, -0.15) is 0 Å². The molecule has 0 saturated carbocycles. The van der Waals surface area contributed by atoms with Crippen LogP contribution in [-0.4, -0.2) is 50.7 Å². The van der Waals surface area contributed by atoms with Gasteiger partial charge in [0.15, 0.2) is 0 Å². The maximum atomic E-state index is 12.7. The van der Waals surface area contributed by atoms with Crippen molar-refractivity contribution in [2.24, 2.45) is 0 Å². The average molecular weight is 443 g/mol. The Kier molecular flexibility index (Phi) is 6.96. The highest BCUT2D eigenvalue weighted by molar-refractivity contribution is 5.76. The van der Waals surface area contributed by atoms with E-state index in [4.69, 9.17) is 9.47 Å². The van der Waals surface area contributed by atoms with Gasteiger partial charge in [-0.1, -0.05) is 0 Å². The van der Waals surface area contributed by atoms with Crippen LogP contribution in [0.1, 0.15) is 51.4 Å². The molecule has 1 aliphatic heterocycles. The fraction of sp³-hybridized carbons (Fsp3) is 0.522. The fourth-order valence-corrected chi connectivity index (χ4v) is 3.86. The molecule has 1 fully saturated rings. The van der Waals surface area contributed by atoms with Crippen LogP contribution in [0.25, 0.3) is 11.1 Å². The van der Waals surface area contributed by atoms with Gasteiger partial charge in [0.1, 0.15) is 24.3 Å². The minimum absolute atomic E-state index is 0.0388. The molecule has 0 aliphatic carbocycles. The number of non-ortho nitro benzene ring substituents is 1. The van der Waals surface area contributed by atoms with Crippen LogP contribution in [-0.2, 0) is 4.74 Å². The van der Waals surface area contributed by atoms with Gasteiger partial charge in [-0.3, -0.25) is 10.1 Å². The van der Waals surface area contributed by atoms with E-state index < -0.39 is 10.5 Å². The zero-order chi connectivity index (χ0) is 23.5. The summed E-state index contributed by atoms with van der Waals surface area (Å²) in [5.41, 5.74) is 2.07. The fourth-order valence-electron chi connectivity index (χ4n) is 3.86. The zero-order valence-corrected chi connectivity index (χ0v) is 19.3. The number of rotatable bonds is 5. The Labute approximate surface area is 187 Å². The van der Waals surface area contributed by atoms with Crippen LogP contribution in [0.5, 0.6) is 5.75 Å². The predicted molar refractivity (Wildman–Crippen MR) is 120 cm³/mol. The lowest BCUT2D eigenvalue weighted by Crippen LogP contribution is -2.48. The molecule has 9 nitrogen and oxygen atoms in total. The van der Waals surface area contributed by atoms with Gasteiger partial charge in [-0.15, -0.1) is 0 Å². The number of nitrogens with zero attached hydrogens (tertiary/aromatic N) is 4.